The second kappa shape index (κ2) is 4.81. The number of rotatable bonds is 2. The molecule has 0 saturated carbocycles. The molecule has 0 spiro atoms. The average Bonchev–Trinajstić information content (AvgIpc) is 2.85. The highest BCUT2D eigenvalue weighted by Gasteiger charge is 2.18. The minimum atomic E-state index is 0.358. The Morgan fingerprint density at radius 2 is 1.90 bits per heavy atom. The van der Waals surface area contributed by atoms with Crippen LogP contribution in [-0.2, 0) is 0 Å². The van der Waals surface area contributed by atoms with Gasteiger partial charge >= 0.3 is 0 Å². The maximum absolute atomic E-state index is 5.93. The van der Waals surface area contributed by atoms with Crippen LogP contribution in [0.5, 0.6) is 0 Å². The van der Waals surface area contributed by atoms with E-state index in [4.69, 9.17) is 10.3 Å². The van der Waals surface area contributed by atoms with Crippen molar-refractivity contribution in [3.63, 3.8) is 0 Å². The summed E-state index contributed by atoms with van der Waals surface area (Å²) in [5.41, 5.74) is 10.8. The van der Waals surface area contributed by atoms with Crippen molar-refractivity contribution in [1.29, 1.82) is 0 Å². The van der Waals surface area contributed by atoms with Crippen molar-refractivity contribution >= 4 is 5.82 Å². The molecule has 0 bridgehead atoms. The zero-order chi connectivity index (χ0) is 14.1. The molecule has 0 saturated heterocycles. The molecule has 3 rings (SSSR count). The van der Waals surface area contributed by atoms with Gasteiger partial charge < -0.3 is 10.3 Å². The minimum Gasteiger partial charge on any atom is -0.380 e. The Morgan fingerprint density at radius 1 is 1.05 bits per heavy atom. The van der Waals surface area contributed by atoms with Gasteiger partial charge in [-0.15, -0.1) is 0 Å². The molecular formula is C16H15N3O. The molecule has 4 heteroatoms. The molecule has 0 aliphatic rings. The second-order valence-corrected chi connectivity index (χ2v) is 4.79. The lowest BCUT2D eigenvalue weighted by Crippen LogP contribution is -1.91. The van der Waals surface area contributed by atoms with Crippen molar-refractivity contribution < 1.29 is 4.52 Å². The lowest BCUT2D eigenvalue weighted by atomic mass is 10.0. The molecule has 3 aromatic rings. The number of hydrogen-bond acceptors (Lipinski definition) is 4. The number of benzene rings is 1. The molecule has 0 atom stereocenters. The lowest BCUT2D eigenvalue weighted by Gasteiger charge is -2.04. The molecule has 0 unspecified atom stereocenters. The van der Waals surface area contributed by atoms with Crippen molar-refractivity contribution in [1.82, 2.24) is 10.1 Å². The summed E-state index contributed by atoms with van der Waals surface area (Å²) in [5.74, 6) is 1.02. The summed E-state index contributed by atoms with van der Waals surface area (Å²) in [6.07, 6.45) is 1.73. The second-order valence-electron chi connectivity index (χ2n) is 4.79. The van der Waals surface area contributed by atoms with E-state index in [0.29, 0.717) is 11.6 Å². The fraction of sp³-hybridized carbons (Fsp3) is 0.125. The van der Waals surface area contributed by atoms with Gasteiger partial charge in [0.2, 0.25) is 0 Å². The Morgan fingerprint density at radius 3 is 2.60 bits per heavy atom. The number of nitrogens with two attached hydrogens (primary N) is 1. The van der Waals surface area contributed by atoms with E-state index >= 15 is 0 Å². The molecule has 0 aliphatic carbocycles. The number of hydrogen-bond donors (Lipinski definition) is 1. The third-order valence-electron chi connectivity index (χ3n) is 3.41. The molecule has 4 nitrogen and oxygen atoms in total. The summed E-state index contributed by atoms with van der Waals surface area (Å²) in [5, 5.41) is 3.88. The summed E-state index contributed by atoms with van der Waals surface area (Å²) in [4.78, 5) is 4.33. The molecule has 20 heavy (non-hydrogen) atoms. The summed E-state index contributed by atoms with van der Waals surface area (Å²) in [7, 11) is 0. The van der Waals surface area contributed by atoms with Gasteiger partial charge in [0.15, 0.2) is 11.6 Å². The zero-order valence-corrected chi connectivity index (χ0v) is 11.4. The first-order chi connectivity index (χ1) is 9.66. The first kappa shape index (κ1) is 12.4. The van der Waals surface area contributed by atoms with Gasteiger partial charge in [-0.25, -0.2) is 0 Å². The third-order valence-corrected chi connectivity index (χ3v) is 3.41. The molecule has 1 aromatic carbocycles. The van der Waals surface area contributed by atoms with Crippen molar-refractivity contribution in [2.24, 2.45) is 0 Å². The first-order valence-corrected chi connectivity index (χ1v) is 6.41. The van der Waals surface area contributed by atoms with Crippen LogP contribution in [0.2, 0.25) is 0 Å². The van der Waals surface area contributed by atoms with Crippen LogP contribution >= 0.6 is 0 Å². The van der Waals surface area contributed by atoms with E-state index in [1.165, 1.54) is 11.1 Å². The Balaban J connectivity index is 2.18. The van der Waals surface area contributed by atoms with E-state index in [0.717, 1.165) is 16.8 Å². The molecular weight excluding hydrogens is 250 g/mol. The monoisotopic (exact) mass is 265 g/mol. The highest BCUT2D eigenvalue weighted by Crippen LogP contribution is 2.35. The van der Waals surface area contributed by atoms with E-state index in [2.05, 4.69) is 36.1 Å². The Bertz CT molecular complexity index is 748. The maximum Gasteiger partial charge on any atom is 0.178 e. The van der Waals surface area contributed by atoms with Gasteiger partial charge in [0.05, 0.1) is 11.3 Å². The highest BCUT2D eigenvalue weighted by atomic mass is 16.5. The van der Waals surface area contributed by atoms with E-state index in [9.17, 15) is 0 Å². The number of aromatic nitrogens is 2. The number of aryl methyl sites for hydroxylation is 2. The SMILES string of the molecule is Cc1ccc(-c2onc(N)c2-c2ccccn2)cc1C. The molecule has 100 valence electrons. The van der Waals surface area contributed by atoms with Gasteiger partial charge in [-0.1, -0.05) is 23.4 Å². The predicted octanol–water partition coefficient (Wildman–Crippen LogP) is 3.60. The summed E-state index contributed by atoms with van der Waals surface area (Å²) in [6.45, 7) is 4.15. The molecule has 0 radical (unpaired) electrons. The molecule has 2 heterocycles. The topological polar surface area (TPSA) is 64.9 Å². The third kappa shape index (κ3) is 2.05. The van der Waals surface area contributed by atoms with Gasteiger partial charge in [-0.05, 0) is 43.2 Å². The smallest absolute Gasteiger partial charge is 0.178 e. The molecule has 2 N–H and O–H groups in total. The average molecular weight is 265 g/mol. The summed E-state index contributed by atoms with van der Waals surface area (Å²) in [6, 6.07) is 11.8. The molecule has 0 fully saturated rings. The van der Waals surface area contributed by atoms with E-state index in [-0.39, 0.29) is 0 Å². The standard InChI is InChI=1S/C16H15N3O/c1-10-6-7-12(9-11(10)2)15-14(16(17)19-20-15)13-5-3-4-8-18-13/h3-9H,1-2H3,(H2,17,19). The molecule has 0 amide bonds. The number of nitrogen functional groups attached to an aromatic ring is 1. The molecule has 2 aromatic heterocycles. The van der Waals surface area contributed by atoms with Crippen molar-refractivity contribution in [3.05, 3.63) is 53.7 Å². The maximum atomic E-state index is 5.93. The van der Waals surface area contributed by atoms with E-state index in [1.54, 1.807) is 6.20 Å². The van der Waals surface area contributed by atoms with Crippen LogP contribution in [0.4, 0.5) is 5.82 Å². The summed E-state index contributed by atoms with van der Waals surface area (Å²) >= 11 is 0. The highest BCUT2D eigenvalue weighted by molar-refractivity contribution is 5.84. The summed E-state index contributed by atoms with van der Waals surface area (Å²) < 4.78 is 5.42. The Kier molecular flexibility index (Phi) is 2.99. The van der Waals surface area contributed by atoms with Crippen LogP contribution in [-0.4, -0.2) is 10.1 Å². The van der Waals surface area contributed by atoms with Crippen LogP contribution in [0, 0.1) is 13.8 Å². The molecule has 0 aliphatic heterocycles. The van der Waals surface area contributed by atoms with Crippen molar-refractivity contribution in [3.8, 4) is 22.6 Å². The van der Waals surface area contributed by atoms with E-state index < -0.39 is 0 Å². The van der Waals surface area contributed by atoms with Crippen LogP contribution in [0.15, 0.2) is 47.1 Å². The fourth-order valence-electron chi connectivity index (χ4n) is 2.14. The first-order valence-electron chi connectivity index (χ1n) is 6.41. The Hall–Kier alpha value is -2.62. The van der Waals surface area contributed by atoms with Crippen LogP contribution < -0.4 is 5.73 Å². The van der Waals surface area contributed by atoms with E-state index in [1.807, 2.05) is 24.3 Å². The number of nitrogens with zero attached hydrogens (tertiary/aromatic N) is 2. The van der Waals surface area contributed by atoms with Crippen LogP contribution in [0.1, 0.15) is 11.1 Å². The zero-order valence-electron chi connectivity index (χ0n) is 11.4. The van der Waals surface area contributed by atoms with Gasteiger partial charge in [0.25, 0.3) is 0 Å². The van der Waals surface area contributed by atoms with Gasteiger partial charge in [0, 0.05) is 11.8 Å². The quantitative estimate of drug-likeness (QED) is 0.768. The van der Waals surface area contributed by atoms with Gasteiger partial charge in [-0.3, -0.25) is 4.98 Å². The Labute approximate surface area is 117 Å². The largest absolute Gasteiger partial charge is 0.380 e. The number of anilines is 1. The van der Waals surface area contributed by atoms with Crippen molar-refractivity contribution in [2.75, 3.05) is 5.73 Å². The van der Waals surface area contributed by atoms with Gasteiger partial charge in [0.1, 0.15) is 0 Å². The predicted molar refractivity (Wildman–Crippen MR) is 79.1 cm³/mol. The minimum absolute atomic E-state index is 0.358. The van der Waals surface area contributed by atoms with Crippen LogP contribution in [0.3, 0.4) is 0 Å². The number of pyridine rings is 1. The van der Waals surface area contributed by atoms with Gasteiger partial charge in [-0.2, -0.15) is 0 Å². The lowest BCUT2D eigenvalue weighted by molar-refractivity contribution is 0.436. The normalized spacial score (nSPS) is 10.7. The van der Waals surface area contributed by atoms with Crippen LogP contribution in [0.25, 0.3) is 22.6 Å². The van der Waals surface area contributed by atoms with Crippen molar-refractivity contribution in [2.45, 2.75) is 13.8 Å². The fourth-order valence-corrected chi connectivity index (χ4v) is 2.14.